The largest absolute Gasteiger partial charge is 0.497 e. The van der Waals surface area contributed by atoms with E-state index in [2.05, 4.69) is 47.0 Å². The predicted octanol–water partition coefficient (Wildman–Crippen LogP) is 3.93. The van der Waals surface area contributed by atoms with E-state index >= 15 is 0 Å². The summed E-state index contributed by atoms with van der Waals surface area (Å²) in [6.45, 7) is 2.09. The highest BCUT2D eigenvalue weighted by molar-refractivity contribution is 14.1. The van der Waals surface area contributed by atoms with Crippen molar-refractivity contribution in [2.24, 2.45) is 0 Å². The molecule has 0 radical (unpaired) electrons. The number of nitrogens with one attached hydrogen (secondary N) is 1. The first-order valence-electron chi connectivity index (χ1n) is 5.57. The number of methoxy groups -OCH3 is 1. The van der Waals surface area contributed by atoms with Gasteiger partial charge in [-0.3, -0.25) is 0 Å². The van der Waals surface area contributed by atoms with Crippen LogP contribution in [0.15, 0.2) is 36.4 Å². The Hall–Kier alpha value is -1.43. The molecular formula is C14H15IN2O. The van der Waals surface area contributed by atoms with Crippen LogP contribution in [0.25, 0.3) is 0 Å². The first-order chi connectivity index (χ1) is 8.60. The number of hydrogen-bond donors (Lipinski definition) is 2. The second kappa shape index (κ2) is 5.48. The Morgan fingerprint density at radius 3 is 2.56 bits per heavy atom. The normalized spacial score (nSPS) is 10.2. The topological polar surface area (TPSA) is 47.3 Å². The van der Waals surface area contributed by atoms with E-state index in [0.29, 0.717) is 5.69 Å². The van der Waals surface area contributed by atoms with Gasteiger partial charge in [0.1, 0.15) is 5.75 Å². The second-order valence-electron chi connectivity index (χ2n) is 4.04. The van der Waals surface area contributed by atoms with Gasteiger partial charge in [-0.1, -0.05) is 6.07 Å². The molecule has 0 aliphatic rings. The number of nitrogens with two attached hydrogens (primary N) is 1. The van der Waals surface area contributed by atoms with Gasteiger partial charge in [-0.2, -0.15) is 0 Å². The second-order valence-corrected chi connectivity index (χ2v) is 5.20. The third-order valence-corrected chi connectivity index (χ3v) is 3.87. The smallest absolute Gasteiger partial charge is 0.121 e. The minimum atomic E-state index is 0.671. The molecule has 2 rings (SSSR count). The summed E-state index contributed by atoms with van der Waals surface area (Å²) in [5.74, 6) is 0.761. The number of ether oxygens (including phenoxy) is 1. The van der Waals surface area contributed by atoms with E-state index < -0.39 is 0 Å². The molecule has 0 aliphatic carbocycles. The van der Waals surface area contributed by atoms with Crippen LogP contribution in [0.2, 0.25) is 0 Å². The molecule has 18 heavy (non-hydrogen) atoms. The standard InChI is InChI=1S/C14H15IN2O/c1-9-3-4-10(7-12(9)15)17-14-6-5-11(18-2)8-13(14)16/h3-8,17H,16H2,1-2H3. The van der Waals surface area contributed by atoms with Crippen molar-refractivity contribution in [3.05, 3.63) is 45.5 Å². The molecule has 2 aromatic carbocycles. The summed E-state index contributed by atoms with van der Waals surface area (Å²) in [7, 11) is 1.63. The van der Waals surface area contributed by atoms with Gasteiger partial charge in [-0.25, -0.2) is 0 Å². The maximum Gasteiger partial charge on any atom is 0.121 e. The molecule has 3 N–H and O–H groups in total. The van der Waals surface area contributed by atoms with Gasteiger partial charge in [-0.15, -0.1) is 0 Å². The molecule has 0 unspecified atom stereocenters. The van der Waals surface area contributed by atoms with Crippen LogP contribution in [0, 0.1) is 10.5 Å². The van der Waals surface area contributed by atoms with Gasteiger partial charge in [0, 0.05) is 15.3 Å². The fourth-order valence-corrected chi connectivity index (χ4v) is 2.12. The lowest BCUT2D eigenvalue weighted by molar-refractivity contribution is 0.415. The number of halogens is 1. The molecule has 0 saturated carbocycles. The number of hydrogen-bond acceptors (Lipinski definition) is 3. The Balaban J connectivity index is 2.25. The van der Waals surface area contributed by atoms with Crippen LogP contribution in [-0.2, 0) is 0 Å². The fourth-order valence-electron chi connectivity index (χ4n) is 1.61. The minimum absolute atomic E-state index is 0.671. The maximum absolute atomic E-state index is 5.97. The van der Waals surface area contributed by atoms with Crippen molar-refractivity contribution in [3.8, 4) is 5.75 Å². The minimum Gasteiger partial charge on any atom is -0.497 e. The Morgan fingerprint density at radius 1 is 1.17 bits per heavy atom. The lowest BCUT2D eigenvalue weighted by atomic mass is 10.2. The third kappa shape index (κ3) is 2.87. The van der Waals surface area contributed by atoms with Gasteiger partial charge in [0.15, 0.2) is 0 Å². The predicted molar refractivity (Wildman–Crippen MR) is 84.6 cm³/mol. The van der Waals surface area contributed by atoms with Gasteiger partial charge < -0.3 is 15.8 Å². The van der Waals surface area contributed by atoms with Crippen molar-refractivity contribution >= 4 is 39.7 Å². The van der Waals surface area contributed by atoms with E-state index in [4.69, 9.17) is 10.5 Å². The number of rotatable bonds is 3. The van der Waals surface area contributed by atoms with Gasteiger partial charge in [0.2, 0.25) is 0 Å². The average Bonchev–Trinajstić information content (AvgIpc) is 2.36. The van der Waals surface area contributed by atoms with E-state index in [1.54, 1.807) is 7.11 Å². The molecule has 0 amide bonds. The number of nitrogen functional groups attached to an aromatic ring is 1. The lowest BCUT2D eigenvalue weighted by Crippen LogP contribution is -1.97. The van der Waals surface area contributed by atoms with Crippen molar-refractivity contribution in [3.63, 3.8) is 0 Å². The number of anilines is 3. The zero-order valence-electron chi connectivity index (χ0n) is 10.3. The van der Waals surface area contributed by atoms with Crippen molar-refractivity contribution in [2.45, 2.75) is 6.92 Å². The Labute approximate surface area is 120 Å². The van der Waals surface area contributed by atoms with Crippen LogP contribution in [0.4, 0.5) is 17.1 Å². The number of benzene rings is 2. The molecule has 94 valence electrons. The quantitative estimate of drug-likeness (QED) is 0.649. The monoisotopic (exact) mass is 354 g/mol. The maximum atomic E-state index is 5.97. The van der Waals surface area contributed by atoms with Crippen molar-refractivity contribution < 1.29 is 4.74 Å². The summed E-state index contributed by atoms with van der Waals surface area (Å²) in [6.07, 6.45) is 0. The van der Waals surface area contributed by atoms with Gasteiger partial charge in [-0.05, 0) is 59.3 Å². The van der Waals surface area contributed by atoms with E-state index in [9.17, 15) is 0 Å². The lowest BCUT2D eigenvalue weighted by Gasteiger charge is -2.11. The first kappa shape index (κ1) is 13.0. The first-order valence-corrected chi connectivity index (χ1v) is 6.64. The van der Waals surface area contributed by atoms with Crippen molar-refractivity contribution in [1.29, 1.82) is 0 Å². The highest BCUT2D eigenvalue weighted by Gasteiger charge is 2.03. The molecule has 3 nitrogen and oxygen atoms in total. The highest BCUT2D eigenvalue weighted by atomic mass is 127. The van der Waals surface area contributed by atoms with E-state index in [1.807, 2.05) is 24.3 Å². The van der Waals surface area contributed by atoms with Crippen LogP contribution in [0.3, 0.4) is 0 Å². The third-order valence-electron chi connectivity index (χ3n) is 2.71. The summed E-state index contributed by atoms with van der Waals surface area (Å²) in [6, 6.07) is 11.8. The van der Waals surface area contributed by atoms with E-state index in [-0.39, 0.29) is 0 Å². The average molecular weight is 354 g/mol. The highest BCUT2D eigenvalue weighted by Crippen LogP contribution is 2.28. The molecule has 0 aliphatic heterocycles. The molecule has 0 aromatic heterocycles. The molecule has 0 fully saturated rings. The summed E-state index contributed by atoms with van der Waals surface area (Å²) >= 11 is 2.32. The van der Waals surface area contributed by atoms with Gasteiger partial charge in [0.05, 0.1) is 18.5 Å². The van der Waals surface area contributed by atoms with Crippen LogP contribution in [0.5, 0.6) is 5.75 Å². The fraction of sp³-hybridized carbons (Fsp3) is 0.143. The van der Waals surface area contributed by atoms with Gasteiger partial charge in [0.25, 0.3) is 0 Å². The van der Waals surface area contributed by atoms with Crippen molar-refractivity contribution in [1.82, 2.24) is 0 Å². The van der Waals surface area contributed by atoms with Crippen molar-refractivity contribution in [2.75, 3.05) is 18.2 Å². The summed E-state index contributed by atoms with van der Waals surface area (Å²) in [5.41, 5.74) is 9.82. The van der Waals surface area contributed by atoms with Crippen LogP contribution in [-0.4, -0.2) is 7.11 Å². The molecule has 0 saturated heterocycles. The summed E-state index contributed by atoms with van der Waals surface area (Å²) < 4.78 is 6.35. The van der Waals surface area contributed by atoms with Crippen LogP contribution in [0.1, 0.15) is 5.56 Å². The SMILES string of the molecule is COc1ccc(Nc2ccc(C)c(I)c2)c(N)c1. The van der Waals surface area contributed by atoms with Crippen LogP contribution >= 0.6 is 22.6 Å². The van der Waals surface area contributed by atoms with E-state index in [1.165, 1.54) is 9.13 Å². The Bertz CT molecular complexity index is 570. The Kier molecular flexibility index (Phi) is 3.96. The zero-order chi connectivity index (χ0) is 13.1. The van der Waals surface area contributed by atoms with Crippen LogP contribution < -0.4 is 15.8 Å². The molecule has 0 spiro atoms. The Morgan fingerprint density at radius 2 is 1.94 bits per heavy atom. The molecule has 0 atom stereocenters. The molecule has 4 heteroatoms. The summed E-state index contributed by atoms with van der Waals surface area (Å²) in [5, 5.41) is 3.31. The molecule has 2 aromatic rings. The van der Waals surface area contributed by atoms with Gasteiger partial charge >= 0.3 is 0 Å². The zero-order valence-corrected chi connectivity index (χ0v) is 12.5. The number of aryl methyl sites for hydroxylation is 1. The molecule has 0 heterocycles. The molecular weight excluding hydrogens is 339 g/mol. The van der Waals surface area contributed by atoms with E-state index in [0.717, 1.165) is 17.1 Å². The molecule has 0 bridgehead atoms. The summed E-state index contributed by atoms with van der Waals surface area (Å²) in [4.78, 5) is 0.